The number of hydrogen-bond acceptors (Lipinski definition) is 3. The van der Waals surface area contributed by atoms with E-state index in [0.29, 0.717) is 0 Å². The van der Waals surface area contributed by atoms with Gasteiger partial charge in [0, 0.05) is 6.92 Å². The average molecular weight is 454 g/mol. The van der Waals surface area contributed by atoms with Crippen LogP contribution in [0.15, 0.2) is 72.3 Å². The van der Waals surface area contributed by atoms with E-state index in [1.54, 1.807) is 0 Å². The number of hydrogen-bond donors (Lipinski definition) is 1. The molecule has 33 heavy (non-hydrogen) atoms. The van der Waals surface area contributed by atoms with Gasteiger partial charge in [0.2, 0.25) is 11.8 Å². The zero-order chi connectivity index (χ0) is 24.4. The van der Waals surface area contributed by atoms with Crippen molar-refractivity contribution >= 4 is 11.8 Å². The second-order valence-electron chi connectivity index (χ2n) is 9.49. The molecule has 0 aliphatic heterocycles. The van der Waals surface area contributed by atoms with Gasteiger partial charge in [-0.2, -0.15) is 0 Å². The van der Waals surface area contributed by atoms with E-state index in [2.05, 4.69) is 45.0 Å². The lowest BCUT2D eigenvalue weighted by molar-refractivity contribution is -0.133. The third-order valence-electron chi connectivity index (χ3n) is 5.58. The monoisotopic (exact) mass is 453 g/mol. The Hall–Kier alpha value is -3.28. The molecule has 1 aliphatic carbocycles. The van der Waals surface area contributed by atoms with Crippen LogP contribution in [0.2, 0.25) is 0 Å². The summed E-state index contributed by atoms with van der Waals surface area (Å²) in [6.07, 6.45) is 2.25. The number of allylic oxidation sites excluding steroid dienone is 2. The Morgan fingerprint density at radius 1 is 1.09 bits per heavy atom. The van der Waals surface area contributed by atoms with Gasteiger partial charge in [-0.1, -0.05) is 63.2 Å². The predicted octanol–water partition coefficient (Wildman–Crippen LogP) is 5.93. The molecule has 2 atom stereocenters. The molecule has 2 unspecified atom stereocenters. The van der Waals surface area contributed by atoms with Gasteiger partial charge < -0.3 is 4.74 Å². The highest BCUT2D eigenvalue weighted by atomic mass is 19.2. The molecule has 174 valence electrons. The lowest BCUT2D eigenvalue weighted by Gasteiger charge is -2.29. The Morgan fingerprint density at radius 3 is 2.36 bits per heavy atom. The molecule has 2 amide bonds. The van der Waals surface area contributed by atoms with E-state index in [1.165, 1.54) is 11.6 Å². The number of imide groups is 1. The number of nitrogens with one attached hydrogen (secondary N) is 1. The molecule has 6 heteroatoms. The highest BCUT2D eigenvalue weighted by Gasteiger charge is 2.45. The molecule has 0 radical (unpaired) electrons. The summed E-state index contributed by atoms with van der Waals surface area (Å²) in [5.74, 6) is -4.80. The van der Waals surface area contributed by atoms with Crippen molar-refractivity contribution in [3.05, 3.63) is 83.4 Å². The summed E-state index contributed by atoms with van der Waals surface area (Å²) in [6.45, 7) is 8.70. The molecule has 2 aromatic carbocycles. The number of carbonyl (C=O) groups excluding carboxylic acids is 2. The van der Waals surface area contributed by atoms with E-state index >= 15 is 0 Å². The summed E-state index contributed by atoms with van der Waals surface area (Å²) >= 11 is 0. The van der Waals surface area contributed by atoms with Crippen LogP contribution in [0, 0.1) is 5.92 Å². The summed E-state index contributed by atoms with van der Waals surface area (Å²) in [5.41, 5.74) is 1.84. The molecule has 1 aliphatic rings. The smallest absolute Gasteiger partial charge is 0.240 e. The van der Waals surface area contributed by atoms with Gasteiger partial charge in [-0.3, -0.25) is 14.9 Å². The number of ether oxygens (including phenoxy) is 1. The van der Waals surface area contributed by atoms with Crippen LogP contribution in [0.3, 0.4) is 0 Å². The average Bonchev–Trinajstić information content (AvgIpc) is 2.72. The van der Waals surface area contributed by atoms with Crippen LogP contribution in [-0.2, 0) is 26.3 Å². The Morgan fingerprint density at radius 2 is 1.76 bits per heavy atom. The van der Waals surface area contributed by atoms with Crippen molar-refractivity contribution in [2.45, 2.75) is 52.3 Å². The van der Waals surface area contributed by atoms with Crippen molar-refractivity contribution in [2.24, 2.45) is 5.92 Å². The fourth-order valence-electron chi connectivity index (χ4n) is 3.70. The summed E-state index contributed by atoms with van der Waals surface area (Å²) in [6, 6.07) is 16.0. The number of halogens is 2. The van der Waals surface area contributed by atoms with E-state index in [4.69, 9.17) is 4.74 Å². The number of rotatable bonds is 5. The van der Waals surface area contributed by atoms with Crippen molar-refractivity contribution in [1.82, 2.24) is 5.32 Å². The summed E-state index contributed by atoms with van der Waals surface area (Å²) in [5, 5.41) is 1.95. The lowest BCUT2D eigenvalue weighted by Crippen LogP contribution is -2.44. The van der Waals surface area contributed by atoms with Crippen LogP contribution in [0.4, 0.5) is 8.78 Å². The molecule has 0 heterocycles. The first-order chi connectivity index (χ1) is 15.4. The summed E-state index contributed by atoms with van der Waals surface area (Å²) in [7, 11) is 0. The molecule has 0 spiro atoms. The van der Waals surface area contributed by atoms with Crippen molar-refractivity contribution in [1.29, 1.82) is 0 Å². The highest BCUT2D eigenvalue weighted by molar-refractivity contribution is 5.97. The predicted molar refractivity (Wildman–Crippen MR) is 124 cm³/mol. The van der Waals surface area contributed by atoms with Gasteiger partial charge in [-0.05, 0) is 52.8 Å². The van der Waals surface area contributed by atoms with Gasteiger partial charge in [-0.25, -0.2) is 8.78 Å². The zero-order valence-electron chi connectivity index (χ0n) is 19.5. The minimum Gasteiger partial charge on any atom is -0.486 e. The van der Waals surface area contributed by atoms with Gasteiger partial charge in [0.1, 0.15) is 18.2 Å². The van der Waals surface area contributed by atoms with Gasteiger partial charge in [0.15, 0.2) is 11.6 Å². The molecule has 3 rings (SSSR count). The quantitative estimate of drug-likeness (QED) is 0.611. The first-order valence-corrected chi connectivity index (χ1v) is 10.8. The van der Waals surface area contributed by atoms with E-state index in [-0.39, 0.29) is 17.8 Å². The molecular weight excluding hydrogens is 424 g/mol. The van der Waals surface area contributed by atoms with E-state index in [1.807, 2.05) is 29.6 Å². The number of benzene rings is 2. The molecule has 0 saturated carbocycles. The second kappa shape index (κ2) is 9.30. The van der Waals surface area contributed by atoms with Crippen LogP contribution in [0.25, 0.3) is 11.1 Å². The van der Waals surface area contributed by atoms with Crippen LogP contribution in [0.1, 0.15) is 45.7 Å². The van der Waals surface area contributed by atoms with E-state index < -0.39 is 29.2 Å². The second-order valence-corrected chi connectivity index (χ2v) is 9.49. The topological polar surface area (TPSA) is 55.4 Å². The maximum absolute atomic E-state index is 15.0. The maximum atomic E-state index is 15.0. The Bertz CT molecular complexity index is 1110. The SMILES string of the molecule is CC(=O)NC(=O)C1C(F)=C(OCc2cccc(-c3ccc(C(C)(C)C)cc3)c2)C=CC1(C)F. The van der Waals surface area contributed by atoms with Gasteiger partial charge in [0.25, 0.3) is 0 Å². The summed E-state index contributed by atoms with van der Waals surface area (Å²) in [4.78, 5) is 23.4. The van der Waals surface area contributed by atoms with Crippen molar-refractivity contribution in [3.8, 4) is 11.1 Å². The molecule has 0 fully saturated rings. The molecule has 0 bridgehead atoms. The standard InChI is InChI=1S/C27H29F2NO3/c1-17(31)30-25(32)23-24(28)22(13-14-27(23,5)29)33-16-18-7-6-8-20(15-18)19-9-11-21(12-10-19)26(2,3)4/h6-15,23H,16H2,1-5H3,(H,30,31,32). The Labute approximate surface area is 193 Å². The molecule has 0 saturated heterocycles. The largest absolute Gasteiger partial charge is 0.486 e. The third kappa shape index (κ3) is 5.75. The lowest BCUT2D eigenvalue weighted by atomic mass is 9.84. The molecular formula is C27H29F2NO3. The molecule has 0 aromatic heterocycles. The Kier molecular flexibility index (Phi) is 6.86. The minimum atomic E-state index is -2.28. The zero-order valence-corrected chi connectivity index (χ0v) is 19.5. The first kappa shape index (κ1) is 24.4. The number of amides is 2. The normalized spacial score (nSPS) is 20.5. The van der Waals surface area contributed by atoms with E-state index in [9.17, 15) is 18.4 Å². The van der Waals surface area contributed by atoms with Crippen molar-refractivity contribution in [2.75, 3.05) is 0 Å². The molecule has 4 nitrogen and oxygen atoms in total. The van der Waals surface area contributed by atoms with Crippen molar-refractivity contribution in [3.63, 3.8) is 0 Å². The van der Waals surface area contributed by atoms with Crippen LogP contribution < -0.4 is 5.32 Å². The van der Waals surface area contributed by atoms with Crippen LogP contribution >= 0.6 is 0 Å². The minimum absolute atomic E-state index is 0.0328. The van der Waals surface area contributed by atoms with Gasteiger partial charge in [0.05, 0.1) is 0 Å². The highest BCUT2D eigenvalue weighted by Crippen LogP contribution is 2.38. The first-order valence-electron chi connectivity index (χ1n) is 10.8. The molecule has 1 N–H and O–H groups in total. The fourth-order valence-corrected chi connectivity index (χ4v) is 3.70. The maximum Gasteiger partial charge on any atom is 0.240 e. The third-order valence-corrected chi connectivity index (χ3v) is 5.58. The fraction of sp³-hybridized carbons (Fsp3) is 0.333. The van der Waals surface area contributed by atoms with E-state index in [0.717, 1.165) is 36.6 Å². The van der Waals surface area contributed by atoms with Crippen LogP contribution in [0.5, 0.6) is 0 Å². The van der Waals surface area contributed by atoms with Crippen molar-refractivity contribution < 1.29 is 23.1 Å². The number of alkyl halides is 1. The van der Waals surface area contributed by atoms with Gasteiger partial charge in [-0.15, -0.1) is 0 Å². The number of carbonyl (C=O) groups is 2. The molecule has 2 aromatic rings. The van der Waals surface area contributed by atoms with Gasteiger partial charge >= 0.3 is 0 Å². The summed E-state index contributed by atoms with van der Waals surface area (Å²) < 4.78 is 35.4. The Balaban J connectivity index is 1.77. The van der Waals surface area contributed by atoms with Crippen LogP contribution in [-0.4, -0.2) is 17.5 Å².